The van der Waals surface area contributed by atoms with E-state index >= 15 is 0 Å². The molecule has 0 aliphatic carbocycles. The number of morpholine rings is 1. The molecule has 2 aromatic heterocycles. The normalized spacial score (nSPS) is 15.0. The largest absolute Gasteiger partial charge is 0.378 e. The fraction of sp³-hybridized carbons (Fsp3) is 0.263. The standard InChI is InChI=1S/C19H18N6OS/c1-14-21-16(13-27-14)11-15(12-20)18-22-23-19(24-7-9-26-10-8-24)25(18)17-5-3-2-4-6-17/h2-6,11,13H,7-10H2,1H3/b15-11+. The molecule has 0 amide bonds. The number of benzene rings is 1. The van der Waals surface area contributed by atoms with Crippen molar-refractivity contribution in [3.63, 3.8) is 0 Å². The SMILES string of the molecule is Cc1nc(/C=C(\C#N)c2nnc(N3CCOCC3)n2-c2ccccc2)cs1. The molecule has 1 aliphatic rings. The third-order valence-corrected chi connectivity index (χ3v) is 5.04. The predicted octanol–water partition coefficient (Wildman–Crippen LogP) is 2.93. The van der Waals surface area contributed by atoms with Crippen molar-refractivity contribution >= 4 is 28.9 Å². The van der Waals surface area contributed by atoms with Gasteiger partial charge in [-0.05, 0) is 25.1 Å². The Labute approximate surface area is 161 Å². The number of rotatable bonds is 4. The Morgan fingerprint density at radius 2 is 2.00 bits per heavy atom. The Balaban J connectivity index is 1.83. The van der Waals surface area contributed by atoms with E-state index < -0.39 is 0 Å². The van der Waals surface area contributed by atoms with E-state index in [1.165, 1.54) is 0 Å². The summed E-state index contributed by atoms with van der Waals surface area (Å²) < 4.78 is 7.38. The van der Waals surface area contributed by atoms with Crippen molar-refractivity contribution < 1.29 is 4.74 Å². The van der Waals surface area contributed by atoms with Gasteiger partial charge < -0.3 is 9.64 Å². The minimum absolute atomic E-state index is 0.427. The Morgan fingerprint density at radius 1 is 1.22 bits per heavy atom. The molecule has 0 bridgehead atoms. The van der Waals surface area contributed by atoms with Gasteiger partial charge in [0, 0.05) is 18.5 Å². The van der Waals surface area contributed by atoms with Gasteiger partial charge >= 0.3 is 0 Å². The van der Waals surface area contributed by atoms with Gasteiger partial charge in [0.2, 0.25) is 5.95 Å². The fourth-order valence-corrected chi connectivity index (χ4v) is 3.54. The molecule has 27 heavy (non-hydrogen) atoms. The molecule has 8 heteroatoms. The number of ether oxygens (including phenoxy) is 1. The zero-order valence-electron chi connectivity index (χ0n) is 14.9. The summed E-state index contributed by atoms with van der Waals surface area (Å²) in [5.74, 6) is 1.23. The molecule has 0 radical (unpaired) electrons. The van der Waals surface area contributed by atoms with Crippen LogP contribution in [0, 0.1) is 18.3 Å². The number of aryl methyl sites for hydroxylation is 1. The van der Waals surface area contributed by atoms with E-state index in [2.05, 4.69) is 26.2 Å². The van der Waals surface area contributed by atoms with Crippen molar-refractivity contribution in [3.8, 4) is 11.8 Å². The van der Waals surface area contributed by atoms with Gasteiger partial charge in [0.25, 0.3) is 0 Å². The first-order valence-corrected chi connectivity index (χ1v) is 9.52. The van der Waals surface area contributed by atoms with Crippen molar-refractivity contribution in [2.45, 2.75) is 6.92 Å². The van der Waals surface area contributed by atoms with Crippen LogP contribution in [0.1, 0.15) is 16.5 Å². The highest BCUT2D eigenvalue weighted by molar-refractivity contribution is 7.09. The second-order valence-corrected chi connectivity index (χ2v) is 7.12. The minimum atomic E-state index is 0.427. The molecule has 0 unspecified atom stereocenters. The van der Waals surface area contributed by atoms with Crippen molar-refractivity contribution in [3.05, 3.63) is 52.2 Å². The van der Waals surface area contributed by atoms with Crippen LogP contribution in [0.15, 0.2) is 35.7 Å². The summed E-state index contributed by atoms with van der Waals surface area (Å²) in [6.07, 6.45) is 1.76. The number of hydrogen-bond donors (Lipinski definition) is 0. The number of allylic oxidation sites excluding steroid dienone is 1. The van der Waals surface area contributed by atoms with Gasteiger partial charge in [-0.3, -0.25) is 4.57 Å². The number of nitrogens with zero attached hydrogens (tertiary/aromatic N) is 6. The maximum atomic E-state index is 9.78. The van der Waals surface area contributed by atoms with Crippen LogP contribution in [0.4, 0.5) is 5.95 Å². The number of para-hydroxylation sites is 1. The molecule has 4 rings (SSSR count). The van der Waals surface area contributed by atoms with Crippen LogP contribution in [-0.4, -0.2) is 46.1 Å². The lowest BCUT2D eigenvalue weighted by molar-refractivity contribution is 0.122. The summed E-state index contributed by atoms with van der Waals surface area (Å²) in [6, 6.07) is 12.1. The molecule has 1 aromatic carbocycles. The van der Waals surface area contributed by atoms with Crippen molar-refractivity contribution in [2.24, 2.45) is 0 Å². The maximum absolute atomic E-state index is 9.78. The first-order valence-electron chi connectivity index (χ1n) is 8.64. The lowest BCUT2D eigenvalue weighted by Gasteiger charge is -2.28. The molecule has 136 valence electrons. The third-order valence-electron chi connectivity index (χ3n) is 4.24. The molecule has 7 nitrogen and oxygen atoms in total. The molecule has 0 spiro atoms. The Hall–Kier alpha value is -3.02. The molecule has 1 fully saturated rings. The first kappa shape index (κ1) is 17.4. The number of thiazole rings is 1. The van der Waals surface area contributed by atoms with Crippen LogP contribution in [0.5, 0.6) is 0 Å². The van der Waals surface area contributed by atoms with Gasteiger partial charge in [-0.25, -0.2) is 4.98 Å². The van der Waals surface area contributed by atoms with Gasteiger partial charge in [0.1, 0.15) is 6.07 Å². The summed E-state index contributed by atoms with van der Waals surface area (Å²) in [4.78, 5) is 6.56. The van der Waals surface area contributed by atoms with Crippen LogP contribution in [0.3, 0.4) is 0 Å². The Bertz CT molecular complexity index is 995. The fourth-order valence-electron chi connectivity index (χ4n) is 2.97. The van der Waals surface area contributed by atoms with E-state index in [-0.39, 0.29) is 0 Å². The van der Waals surface area contributed by atoms with E-state index in [0.29, 0.717) is 24.6 Å². The van der Waals surface area contributed by atoms with Crippen LogP contribution in [-0.2, 0) is 4.74 Å². The number of anilines is 1. The second-order valence-electron chi connectivity index (χ2n) is 6.06. The maximum Gasteiger partial charge on any atom is 0.232 e. The summed E-state index contributed by atoms with van der Waals surface area (Å²) in [5, 5.41) is 21.4. The highest BCUT2D eigenvalue weighted by Gasteiger charge is 2.23. The summed E-state index contributed by atoms with van der Waals surface area (Å²) in [5.41, 5.74) is 2.09. The molecule has 1 aliphatic heterocycles. The third kappa shape index (κ3) is 3.60. The summed E-state index contributed by atoms with van der Waals surface area (Å²) in [6.45, 7) is 4.72. The van der Waals surface area contributed by atoms with Gasteiger partial charge in [0.15, 0.2) is 5.82 Å². The zero-order valence-corrected chi connectivity index (χ0v) is 15.7. The second kappa shape index (κ2) is 7.70. The van der Waals surface area contributed by atoms with Crippen LogP contribution in [0.2, 0.25) is 0 Å². The van der Waals surface area contributed by atoms with Crippen LogP contribution >= 0.6 is 11.3 Å². The highest BCUT2D eigenvalue weighted by atomic mass is 32.1. The number of nitriles is 1. The topological polar surface area (TPSA) is 79.9 Å². The summed E-state index contributed by atoms with van der Waals surface area (Å²) in [7, 11) is 0. The quantitative estimate of drug-likeness (QED) is 0.650. The summed E-state index contributed by atoms with van der Waals surface area (Å²) >= 11 is 1.55. The molecule has 3 aromatic rings. The highest BCUT2D eigenvalue weighted by Crippen LogP contribution is 2.26. The van der Waals surface area contributed by atoms with E-state index in [1.807, 2.05) is 47.2 Å². The monoisotopic (exact) mass is 378 g/mol. The zero-order chi connectivity index (χ0) is 18.6. The van der Waals surface area contributed by atoms with Gasteiger partial charge in [-0.15, -0.1) is 21.5 Å². The van der Waals surface area contributed by atoms with Crippen molar-refractivity contribution in [1.29, 1.82) is 5.26 Å². The lowest BCUT2D eigenvalue weighted by atomic mass is 10.2. The average molecular weight is 378 g/mol. The van der Waals surface area contributed by atoms with Crippen molar-refractivity contribution in [2.75, 3.05) is 31.2 Å². The van der Waals surface area contributed by atoms with E-state index in [4.69, 9.17) is 4.74 Å². The molecule has 3 heterocycles. The predicted molar refractivity (Wildman–Crippen MR) is 105 cm³/mol. The van der Waals surface area contributed by atoms with E-state index in [0.717, 1.165) is 35.4 Å². The smallest absolute Gasteiger partial charge is 0.232 e. The Morgan fingerprint density at radius 3 is 2.67 bits per heavy atom. The molecule has 0 N–H and O–H groups in total. The molecule has 0 atom stereocenters. The number of hydrogen-bond acceptors (Lipinski definition) is 7. The van der Waals surface area contributed by atoms with Crippen LogP contribution < -0.4 is 4.90 Å². The number of aromatic nitrogens is 4. The Kier molecular flexibility index (Phi) is 4.96. The lowest BCUT2D eigenvalue weighted by Crippen LogP contribution is -2.38. The van der Waals surface area contributed by atoms with Crippen molar-refractivity contribution in [1.82, 2.24) is 19.7 Å². The minimum Gasteiger partial charge on any atom is -0.378 e. The van der Waals surface area contributed by atoms with E-state index in [1.54, 1.807) is 17.4 Å². The molecule has 0 saturated carbocycles. The molecular weight excluding hydrogens is 360 g/mol. The molecule has 1 saturated heterocycles. The van der Waals surface area contributed by atoms with Gasteiger partial charge in [-0.2, -0.15) is 5.26 Å². The average Bonchev–Trinajstić information content (AvgIpc) is 3.33. The first-order chi connectivity index (χ1) is 13.3. The van der Waals surface area contributed by atoms with E-state index in [9.17, 15) is 5.26 Å². The molecular formula is C19H18N6OS. The van der Waals surface area contributed by atoms with Crippen LogP contribution in [0.25, 0.3) is 17.3 Å². The van der Waals surface area contributed by atoms with Gasteiger partial charge in [-0.1, -0.05) is 18.2 Å². The van der Waals surface area contributed by atoms with Gasteiger partial charge in [0.05, 0.1) is 35.2 Å².